The van der Waals surface area contributed by atoms with Gasteiger partial charge in [-0.25, -0.2) is 0 Å². The number of aliphatic hydroxyl groups excluding tert-OH is 1. The Morgan fingerprint density at radius 2 is 2.07 bits per heavy atom. The maximum absolute atomic E-state index is 12.6. The van der Waals surface area contributed by atoms with E-state index >= 15 is 0 Å². The number of pyridine rings is 1. The van der Waals surface area contributed by atoms with E-state index in [1.807, 2.05) is 4.57 Å². The maximum atomic E-state index is 12.6. The zero-order chi connectivity index (χ0) is 20.7. The van der Waals surface area contributed by atoms with E-state index in [4.69, 9.17) is 28.8 Å². The molecule has 8 nitrogen and oxygen atoms in total. The first-order chi connectivity index (χ1) is 13.4. The number of aliphatic hydroxyl groups is 1. The van der Waals surface area contributed by atoms with E-state index in [9.17, 15) is 4.79 Å². The Labute approximate surface area is 173 Å². The molecule has 0 amide bonds. The van der Waals surface area contributed by atoms with Crippen LogP contribution in [0.4, 0.5) is 0 Å². The molecule has 9 heteroatoms. The van der Waals surface area contributed by atoms with Crippen molar-refractivity contribution in [1.29, 1.82) is 0 Å². The lowest BCUT2D eigenvalue weighted by Crippen LogP contribution is -2.49. The van der Waals surface area contributed by atoms with Crippen molar-refractivity contribution in [1.82, 2.24) is 4.57 Å². The second-order valence-electron chi connectivity index (χ2n) is 7.00. The van der Waals surface area contributed by atoms with Crippen LogP contribution in [0.15, 0.2) is 15.5 Å². The minimum atomic E-state index is -0.497. The normalized spacial score (nSPS) is 24.2. The van der Waals surface area contributed by atoms with E-state index in [2.05, 4.69) is 22.9 Å². The molecule has 160 valence electrons. The average Bonchev–Trinajstić information content (AvgIpc) is 2.68. The Hall–Kier alpha value is -0.970. The van der Waals surface area contributed by atoms with Gasteiger partial charge in [-0.2, -0.15) is 0 Å². The summed E-state index contributed by atoms with van der Waals surface area (Å²) in [5, 5.41) is 8.92. The van der Waals surface area contributed by atoms with Crippen molar-refractivity contribution in [2.45, 2.75) is 38.5 Å². The fourth-order valence-electron chi connectivity index (χ4n) is 3.71. The van der Waals surface area contributed by atoms with Gasteiger partial charge in [0.1, 0.15) is 12.9 Å². The molecular formula is C19H30BrNO7. The van der Waals surface area contributed by atoms with Crippen molar-refractivity contribution >= 4 is 15.9 Å². The summed E-state index contributed by atoms with van der Waals surface area (Å²) in [6, 6.07) is 0. The first-order valence-corrected chi connectivity index (χ1v) is 10.0. The van der Waals surface area contributed by atoms with Crippen LogP contribution in [0, 0.1) is 5.41 Å². The predicted octanol–water partition coefficient (Wildman–Crippen LogP) is 2.11. The van der Waals surface area contributed by atoms with Gasteiger partial charge in [-0.1, -0.05) is 6.92 Å². The molecule has 1 N–H and O–H groups in total. The molecule has 3 unspecified atom stereocenters. The molecule has 0 aromatic carbocycles. The van der Waals surface area contributed by atoms with E-state index in [0.29, 0.717) is 42.8 Å². The molecular weight excluding hydrogens is 434 g/mol. The van der Waals surface area contributed by atoms with Gasteiger partial charge in [-0.05, 0) is 28.8 Å². The molecule has 0 aliphatic carbocycles. The molecule has 28 heavy (non-hydrogen) atoms. The second kappa shape index (κ2) is 10.7. The summed E-state index contributed by atoms with van der Waals surface area (Å²) in [5.41, 5.74) is -0.0452. The molecule has 1 aliphatic rings. The predicted molar refractivity (Wildman–Crippen MR) is 107 cm³/mol. The lowest BCUT2D eigenvalue weighted by Gasteiger charge is -2.47. The number of hydrogen-bond donors (Lipinski definition) is 1. The number of hydrogen-bond acceptors (Lipinski definition) is 7. The summed E-state index contributed by atoms with van der Waals surface area (Å²) in [6.07, 6.45) is 2.30. The van der Waals surface area contributed by atoms with E-state index < -0.39 is 11.5 Å². The number of rotatable bonds is 11. The number of ether oxygens (including phenoxy) is 5. The molecule has 1 aromatic rings. The highest BCUT2D eigenvalue weighted by Gasteiger charge is 2.49. The zero-order valence-corrected chi connectivity index (χ0v) is 18.5. The third-order valence-electron chi connectivity index (χ3n) is 5.25. The minimum Gasteiger partial charge on any atom is -0.491 e. The van der Waals surface area contributed by atoms with E-state index in [0.717, 1.165) is 0 Å². The van der Waals surface area contributed by atoms with Gasteiger partial charge in [0.2, 0.25) is 5.43 Å². The third kappa shape index (κ3) is 4.77. The van der Waals surface area contributed by atoms with Gasteiger partial charge in [0, 0.05) is 52.2 Å². The van der Waals surface area contributed by atoms with Gasteiger partial charge in [-0.3, -0.25) is 4.79 Å². The molecule has 0 fully saturated rings. The Morgan fingerprint density at radius 3 is 2.68 bits per heavy atom. The van der Waals surface area contributed by atoms with Crippen molar-refractivity contribution < 1.29 is 28.8 Å². The Bertz CT molecular complexity index is 696. The summed E-state index contributed by atoms with van der Waals surface area (Å²) >= 11 is 3.31. The van der Waals surface area contributed by atoms with Gasteiger partial charge >= 0.3 is 0 Å². The molecule has 2 heterocycles. The lowest BCUT2D eigenvalue weighted by atomic mass is 9.72. The van der Waals surface area contributed by atoms with E-state index in [1.54, 1.807) is 20.4 Å². The maximum Gasteiger partial charge on any atom is 0.237 e. The lowest BCUT2D eigenvalue weighted by molar-refractivity contribution is -0.177. The van der Waals surface area contributed by atoms with Crippen molar-refractivity contribution in [2.75, 3.05) is 47.9 Å². The van der Waals surface area contributed by atoms with Crippen LogP contribution in [-0.4, -0.2) is 63.7 Å². The number of halogens is 1. The fraction of sp³-hybridized carbons (Fsp3) is 0.737. The number of methoxy groups -OCH3 is 3. The summed E-state index contributed by atoms with van der Waals surface area (Å²) in [4.78, 5) is 12.6. The van der Waals surface area contributed by atoms with Gasteiger partial charge in [0.15, 0.2) is 5.75 Å². The minimum absolute atomic E-state index is 0.0649. The van der Waals surface area contributed by atoms with Crippen molar-refractivity contribution in [2.24, 2.45) is 5.41 Å². The highest BCUT2D eigenvalue weighted by molar-refractivity contribution is 9.10. The third-order valence-corrected chi connectivity index (χ3v) is 5.82. The molecule has 0 saturated carbocycles. The largest absolute Gasteiger partial charge is 0.491 e. The molecule has 1 aliphatic heterocycles. The standard InChI is InChI=1S/C19H30BrNO7/c1-19(6-9-27-8-5-7-22)14(25-3)11-21-10-13(20)16(23)17(26-4)15(21)18(19)28-12-24-2/h10,14,18,22H,5-9,11-12H2,1-4H3. The summed E-state index contributed by atoms with van der Waals surface area (Å²) in [6.45, 7) is 3.73. The van der Waals surface area contributed by atoms with Crippen LogP contribution in [0.25, 0.3) is 0 Å². The van der Waals surface area contributed by atoms with E-state index in [-0.39, 0.29) is 30.7 Å². The smallest absolute Gasteiger partial charge is 0.237 e. The number of aromatic nitrogens is 1. The number of fused-ring (bicyclic) bond motifs is 1. The van der Waals surface area contributed by atoms with Gasteiger partial charge in [-0.15, -0.1) is 0 Å². The topological polar surface area (TPSA) is 88.4 Å². The quantitative estimate of drug-likeness (QED) is 0.397. The highest BCUT2D eigenvalue weighted by atomic mass is 79.9. The monoisotopic (exact) mass is 463 g/mol. The van der Waals surface area contributed by atoms with E-state index in [1.165, 1.54) is 7.11 Å². The highest BCUT2D eigenvalue weighted by Crippen LogP contribution is 2.49. The van der Waals surface area contributed by atoms with Gasteiger partial charge in [0.25, 0.3) is 0 Å². The van der Waals surface area contributed by atoms with Crippen LogP contribution in [0.1, 0.15) is 31.6 Å². The second-order valence-corrected chi connectivity index (χ2v) is 7.85. The zero-order valence-electron chi connectivity index (χ0n) is 16.9. The van der Waals surface area contributed by atoms with Crippen molar-refractivity contribution in [3.05, 3.63) is 26.6 Å². The van der Waals surface area contributed by atoms with Crippen LogP contribution in [0.5, 0.6) is 5.75 Å². The van der Waals surface area contributed by atoms with Crippen LogP contribution in [0.3, 0.4) is 0 Å². The molecule has 2 rings (SSSR count). The molecule has 0 spiro atoms. The van der Waals surface area contributed by atoms with Gasteiger partial charge < -0.3 is 33.4 Å². The molecule has 0 radical (unpaired) electrons. The Morgan fingerprint density at radius 1 is 1.32 bits per heavy atom. The Kier molecular flexibility index (Phi) is 8.91. The van der Waals surface area contributed by atoms with Crippen LogP contribution in [-0.2, 0) is 25.5 Å². The first-order valence-electron chi connectivity index (χ1n) is 9.23. The average molecular weight is 464 g/mol. The first kappa shape index (κ1) is 23.3. The number of nitrogens with zero attached hydrogens (tertiary/aromatic N) is 1. The SMILES string of the molecule is COCOC1c2c(OC)c(=O)c(Br)cn2CC(OC)C1(C)CCOCCCO. The van der Waals surface area contributed by atoms with Crippen LogP contribution in [0.2, 0.25) is 0 Å². The summed E-state index contributed by atoms with van der Waals surface area (Å²) < 4.78 is 30.5. The molecule has 1 aromatic heterocycles. The molecule has 0 bridgehead atoms. The van der Waals surface area contributed by atoms with Crippen LogP contribution >= 0.6 is 15.9 Å². The van der Waals surface area contributed by atoms with Crippen LogP contribution < -0.4 is 10.2 Å². The van der Waals surface area contributed by atoms with Gasteiger partial charge in [0.05, 0.1) is 23.4 Å². The Balaban J connectivity index is 2.46. The summed E-state index contributed by atoms with van der Waals surface area (Å²) in [5.74, 6) is 0.248. The van der Waals surface area contributed by atoms with Crippen molar-refractivity contribution in [3.63, 3.8) is 0 Å². The molecule has 0 saturated heterocycles. The summed E-state index contributed by atoms with van der Waals surface area (Å²) in [7, 11) is 4.70. The fourth-order valence-corrected chi connectivity index (χ4v) is 4.14. The molecule has 3 atom stereocenters. The van der Waals surface area contributed by atoms with Crippen molar-refractivity contribution in [3.8, 4) is 5.75 Å².